The lowest BCUT2D eigenvalue weighted by atomic mass is 10.3. The summed E-state index contributed by atoms with van der Waals surface area (Å²) in [7, 11) is -4.21. The lowest BCUT2D eigenvalue weighted by Crippen LogP contribution is -2.29. The number of amides is 1. The summed E-state index contributed by atoms with van der Waals surface area (Å²) in [4.78, 5) is 20.8. The van der Waals surface area contributed by atoms with E-state index in [1.165, 1.54) is 0 Å². The molecule has 0 aromatic rings. The Hall–Kier alpha value is -1.70. The van der Waals surface area contributed by atoms with E-state index >= 15 is 0 Å². The molecule has 82 valence electrons. The molecule has 0 bridgehead atoms. The van der Waals surface area contributed by atoms with Crippen LogP contribution in [-0.2, 0) is 19.6 Å². The average Bonchev–Trinajstić information content (AvgIpc) is 2.42. The minimum atomic E-state index is -4.21. The van der Waals surface area contributed by atoms with Gasteiger partial charge < -0.3 is 10.4 Å². The Morgan fingerprint density at radius 2 is 2.13 bits per heavy atom. The van der Waals surface area contributed by atoms with Gasteiger partial charge in [0, 0.05) is 6.54 Å². The molecular formula is C7H8N2O5S. The summed E-state index contributed by atoms with van der Waals surface area (Å²) in [6, 6.07) is 0. The van der Waals surface area contributed by atoms with E-state index < -0.39 is 32.5 Å². The van der Waals surface area contributed by atoms with E-state index in [1.807, 2.05) is 0 Å². The third kappa shape index (κ3) is 2.21. The van der Waals surface area contributed by atoms with E-state index in [2.05, 4.69) is 9.71 Å². The SMILES string of the molecule is CCNC(=O)C1=NS(=O)(=O)C(C(=O)O)=C1. The van der Waals surface area contributed by atoms with Gasteiger partial charge in [0.05, 0.1) is 0 Å². The first-order valence-corrected chi connectivity index (χ1v) is 5.40. The highest BCUT2D eigenvalue weighted by Gasteiger charge is 2.32. The molecule has 0 saturated heterocycles. The topological polar surface area (TPSA) is 113 Å². The van der Waals surface area contributed by atoms with Crippen molar-refractivity contribution in [2.45, 2.75) is 6.92 Å². The van der Waals surface area contributed by atoms with Crippen LogP contribution in [0.2, 0.25) is 0 Å². The highest BCUT2D eigenvalue weighted by molar-refractivity contribution is 7.95. The van der Waals surface area contributed by atoms with Crippen molar-refractivity contribution in [3.8, 4) is 0 Å². The van der Waals surface area contributed by atoms with Gasteiger partial charge in [-0.3, -0.25) is 4.79 Å². The lowest BCUT2D eigenvalue weighted by Gasteiger charge is -1.96. The molecule has 0 unspecified atom stereocenters. The molecule has 1 aliphatic heterocycles. The number of carboxylic acid groups (broad SMARTS) is 1. The number of carboxylic acids is 1. The van der Waals surface area contributed by atoms with Gasteiger partial charge in [-0.1, -0.05) is 0 Å². The summed E-state index contributed by atoms with van der Waals surface area (Å²) in [6.45, 7) is 1.94. The summed E-state index contributed by atoms with van der Waals surface area (Å²) < 4.78 is 25.3. The van der Waals surface area contributed by atoms with Gasteiger partial charge in [-0.2, -0.15) is 12.8 Å². The Morgan fingerprint density at radius 1 is 1.53 bits per heavy atom. The van der Waals surface area contributed by atoms with E-state index in [-0.39, 0.29) is 0 Å². The quantitative estimate of drug-likeness (QED) is 0.639. The molecule has 0 saturated carbocycles. The molecule has 0 aromatic heterocycles. The van der Waals surface area contributed by atoms with Crippen molar-refractivity contribution in [2.75, 3.05) is 6.54 Å². The maximum Gasteiger partial charge on any atom is 0.349 e. The van der Waals surface area contributed by atoms with Crippen LogP contribution >= 0.6 is 0 Å². The molecule has 1 heterocycles. The maximum atomic E-state index is 11.2. The molecule has 0 aliphatic carbocycles. The predicted octanol–water partition coefficient (Wildman–Crippen LogP) is -1.12. The van der Waals surface area contributed by atoms with Gasteiger partial charge in [-0.25, -0.2) is 4.79 Å². The van der Waals surface area contributed by atoms with Crippen molar-refractivity contribution < 1.29 is 23.1 Å². The molecule has 1 aliphatic rings. The number of carbonyl (C=O) groups excluding carboxylic acids is 1. The largest absolute Gasteiger partial charge is 0.477 e. The number of carbonyl (C=O) groups is 2. The molecule has 15 heavy (non-hydrogen) atoms. The summed E-state index contributed by atoms with van der Waals surface area (Å²) in [5.74, 6) is -2.34. The molecule has 1 amide bonds. The van der Waals surface area contributed by atoms with Crippen molar-refractivity contribution in [3.63, 3.8) is 0 Å². The Balaban J connectivity index is 3.08. The minimum Gasteiger partial charge on any atom is -0.477 e. The second-order valence-electron chi connectivity index (χ2n) is 2.62. The number of nitrogens with zero attached hydrogens (tertiary/aromatic N) is 1. The van der Waals surface area contributed by atoms with Gasteiger partial charge in [0.2, 0.25) is 0 Å². The van der Waals surface area contributed by atoms with Crippen molar-refractivity contribution in [2.24, 2.45) is 4.40 Å². The van der Waals surface area contributed by atoms with E-state index in [4.69, 9.17) is 5.11 Å². The first-order valence-electron chi connectivity index (χ1n) is 3.96. The highest BCUT2D eigenvalue weighted by atomic mass is 32.2. The van der Waals surface area contributed by atoms with Crippen LogP contribution in [0.4, 0.5) is 0 Å². The van der Waals surface area contributed by atoms with Gasteiger partial charge >= 0.3 is 5.97 Å². The number of nitrogens with one attached hydrogen (secondary N) is 1. The smallest absolute Gasteiger partial charge is 0.349 e. The average molecular weight is 232 g/mol. The van der Waals surface area contributed by atoms with Crippen LogP contribution in [0, 0.1) is 0 Å². The Bertz CT molecular complexity index is 474. The second-order valence-corrected chi connectivity index (χ2v) is 4.20. The zero-order valence-corrected chi connectivity index (χ0v) is 8.54. The standard InChI is InChI=1S/C7H8N2O5S/c1-2-8-6(10)4-3-5(7(11)12)15(13,14)9-4/h3H,2H2,1H3,(H,8,10)(H,11,12). The maximum absolute atomic E-state index is 11.2. The molecule has 0 radical (unpaired) electrons. The van der Waals surface area contributed by atoms with E-state index in [0.717, 1.165) is 6.08 Å². The molecule has 2 N–H and O–H groups in total. The van der Waals surface area contributed by atoms with Gasteiger partial charge in [0.25, 0.3) is 15.9 Å². The molecular weight excluding hydrogens is 224 g/mol. The fraction of sp³-hybridized carbons (Fsp3) is 0.286. The second kappa shape index (κ2) is 3.81. The van der Waals surface area contributed by atoms with Crippen LogP contribution in [0.25, 0.3) is 0 Å². The summed E-state index contributed by atoms with van der Waals surface area (Å²) in [6.07, 6.45) is 0.739. The van der Waals surface area contributed by atoms with Gasteiger partial charge in [-0.05, 0) is 13.0 Å². The van der Waals surface area contributed by atoms with E-state index in [1.54, 1.807) is 6.92 Å². The van der Waals surface area contributed by atoms with Gasteiger partial charge in [0.1, 0.15) is 5.71 Å². The Morgan fingerprint density at radius 3 is 2.53 bits per heavy atom. The molecule has 7 nitrogen and oxygen atoms in total. The lowest BCUT2D eigenvalue weighted by molar-refractivity contribution is -0.131. The van der Waals surface area contributed by atoms with Crippen molar-refractivity contribution >= 4 is 27.6 Å². The number of sulfonamides is 1. The van der Waals surface area contributed by atoms with Crippen LogP contribution in [0.15, 0.2) is 15.4 Å². The van der Waals surface area contributed by atoms with Crippen LogP contribution in [0.3, 0.4) is 0 Å². The fourth-order valence-corrected chi connectivity index (χ4v) is 1.91. The highest BCUT2D eigenvalue weighted by Crippen LogP contribution is 2.16. The first kappa shape index (κ1) is 11.4. The van der Waals surface area contributed by atoms with Crippen LogP contribution < -0.4 is 5.32 Å². The van der Waals surface area contributed by atoms with Crippen molar-refractivity contribution in [3.05, 3.63) is 11.0 Å². The van der Waals surface area contributed by atoms with Gasteiger partial charge in [-0.15, -0.1) is 0 Å². The molecule has 0 aromatic carbocycles. The minimum absolute atomic E-state index is 0.300. The zero-order chi connectivity index (χ0) is 11.6. The van der Waals surface area contributed by atoms with Crippen LogP contribution in [0.5, 0.6) is 0 Å². The number of aliphatic carboxylic acids is 1. The molecule has 0 fully saturated rings. The Kier molecular flexibility index (Phi) is 2.89. The van der Waals surface area contributed by atoms with E-state index in [9.17, 15) is 18.0 Å². The fourth-order valence-electron chi connectivity index (χ4n) is 0.934. The van der Waals surface area contributed by atoms with Crippen molar-refractivity contribution in [1.82, 2.24) is 5.32 Å². The van der Waals surface area contributed by atoms with Crippen molar-refractivity contribution in [1.29, 1.82) is 0 Å². The Labute approximate surface area is 85.6 Å². The zero-order valence-electron chi connectivity index (χ0n) is 7.72. The van der Waals surface area contributed by atoms with Gasteiger partial charge in [0.15, 0.2) is 4.91 Å². The molecule has 1 rings (SSSR count). The predicted molar refractivity (Wildman–Crippen MR) is 50.8 cm³/mol. The molecule has 0 atom stereocenters. The van der Waals surface area contributed by atoms with Crippen LogP contribution in [-0.4, -0.2) is 37.7 Å². The summed E-state index contributed by atoms with van der Waals surface area (Å²) in [5.41, 5.74) is -0.408. The summed E-state index contributed by atoms with van der Waals surface area (Å²) >= 11 is 0. The third-order valence-electron chi connectivity index (χ3n) is 1.55. The normalized spacial score (nSPS) is 17.9. The number of hydrogen-bond donors (Lipinski definition) is 2. The molecule has 0 spiro atoms. The number of rotatable bonds is 3. The molecule has 8 heteroatoms. The first-order chi connectivity index (χ1) is 6.88. The number of hydrogen-bond acceptors (Lipinski definition) is 4. The van der Waals surface area contributed by atoms with Crippen LogP contribution in [0.1, 0.15) is 6.92 Å². The third-order valence-corrected chi connectivity index (χ3v) is 2.83. The monoisotopic (exact) mass is 232 g/mol. The summed E-state index contributed by atoms with van der Waals surface area (Å²) in [5, 5.41) is 10.8. The van der Waals surface area contributed by atoms with E-state index in [0.29, 0.717) is 6.54 Å².